The lowest BCUT2D eigenvalue weighted by Gasteiger charge is -2.37. The molecule has 1 spiro atoms. The van der Waals surface area contributed by atoms with Gasteiger partial charge in [0.2, 0.25) is 15.9 Å². The fourth-order valence-electron chi connectivity index (χ4n) is 7.03. The van der Waals surface area contributed by atoms with E-state index in [4.69, 9.17) is 0 Å². The highest BCUT2D eigenvalue weighted by Gasteiger charge is 2.72. The summed E-state index contributed by atoms with van der Waals surface area (Å²) in [4.78, 5) is 13.2. The first-order valence-corrected chi connectivity index (χ1v) is 14.8. The van der Waals surface area contributed by atoms with Crippen molar-refractivity contribution in [3.8, 4) is 0 Å². The smallest absolute Gasteiger partial charge is 0.239 e. The standard InChI is InChI=1S/C26H47NO3S/c1-5-6-7-8-9-10-11-12-13-14-15-16-21(2)24(28)27-23-19-22-17-18-26(23,25(22,3)4)20-31(27,29)30/h21-23H,5-20H2,1-4H3/t21?,22-,23-,26-/m1/s1. The third kappa shape index (κ3) is 4.87. The molecule has 0 aromatic heterocycles. The zero-order valence-electron chi connectivity index (χ0n) is 20.6. The second kappa shape index (κ2) is 10.1. The summed E-state index contributed by atoms with van der Waals surface area (Å²) in [6.45, 7) is 8.68. The molecule has 3 fully saturated rings. The summed E-state index contributed by atoms with van der Waals surface area (Å²) >= 11 is 0. The minimum Gasteiger partial charge on any atom is -0.273 e. The average molecular weight is 454 g/mol. The molecule has 1 unspecified atom stereocenters. The summed E-state index contributed by atoms with van der Waals surface area (Å²) in [6, 6.07) is -0.0847. The number of fused-ring (bicyclic) bond motifs is 1. The lowest BCUT2D eigenvalue weighted by molar-refractivity contribution is -0.133. The Labute approximate surface area is 192 Å². The van der Waals surface area contributed by atoms with E-state index in [-0.39, 0.29) is 34.4 Å². The molecule has 180 valence electrons. The summed E-state index contributed by atoms with van der Waals surface area (Å²) < 4.78 is 27.5. The number of unbranched alkanes of at least 4 members (excludes halogenated alkanes) is 10. The van der Waals surface area contributed by atoms with E-state index in [1.165, 1.54) is 62.1 Å². The Balaban J connectivity index is 1.39. The van der Waals surface area contributed by atoms with Crippen LogP contribution in [0.25, 0.3) is 0 Å². The molecule has 0 N–H and O–H groups in total. The van der Waals surface area contributed by atoms with Gasteiger partial charge >= 0.3 is 0 Å². The van der Waals surface area contributed by atoms with Gasteiger partial charge in [-0.15, -0.1) is 0 Å². The van der Waals surface area contributed by atoms with Crippen molar-refractivity contribution < 1.29 is 13.2 Å². The van der Waals surface area contributed by atoms with Crippen LogP contribution in [0.2, 0.25) is 0 Å². The molecule has 3 rings (SSSR count). The minimum atomic E-state index is -3.48. The average Bonchev–Trinajstić information content (AvgIpc) is 3.19. The minimum absolute atomic E-state index is 0.0268. The van der Waals surface area contributed by atoms with Crippen molar-refractivity contribution in [1.82, 2.24) is 4.31 Å². The maximum Gasteiger partial charge on any atom is 0.239 e. The molecule has 1 amide bonds. The van der Waals surface area contributed by atoms with E-state index < -0.39 is 10.0 Å². The van der Waals surface area contributed by atoms with Gasteiger partial charge < -0.3 is 0 Å². The molecule has 1 saturated heterocycles. The van der Waals surface area contributed by atoms with Crippen LogP contribution in [0.5, 0.6) is 0 Å². The van der Waals surface area contributed by atoms with Crippen molar-refractivity contribution >= 4 is 15.9 Å². The molecular weight excluding hydrogens is 406 g/mol. The molecule has 4 atom stereocenters. The van der Waals surface area contributed by atoms with E-state index in [2.05, 4.69) is 20.8 Å². The van der Waals surface area contributed by atoms with Crippen LogP contribution in [0.3, 0.4) is 0 Å². The molecular formula is C26H47NO3S. The molecule has 1 heterocycles. The van der Waals surface area contributed by atoms with Crippen LogP contribution in [0.1, 0.15) is 124 Å². The molecule has 31 heavy (non-hydrogen) atoms. The number of amides is 1. The number of sulfonamides is 1. The summed E-state index contributed by atoms with van der Waals surface area (Å²) in [6.07, 6.45) is 18.0. The van der Waals surface area contributed by atoms with Crippen LogP contribution in [0.4, 0.5) is 0 Å². The Hall–Kier alpha value is -0.580. The summed E-state index contributed by atoms with van der Waals surface area (Å²) in [5.41, 5.74) is -0.179. The first-order chi connectivity index (χ1) is 14.7. The van der Waals surface area contributed by atoms with Gasteiger partial charge in [0.15, 0.2) is 0 Å². The lowest BCUT2D eigenvalue weighted by Crippen LogP contribution is -2.45. The highest BCUT2D eigenvalue weighted by Crippen LogP contribution is 2.70. The summed E-state index contributed by atoms with van der Waals surface area (Å²) in [5.74, 6) is 0.429. The summed E-state index contributed by atoms with van der Waals surface area (Å²) in [5, 5.41) is 0. The van der Waals surface area contributed by atoms with Crippen LogP contribution < -0.4 is 0 Å². The van der Waals surface area contributed by atoms with E-state index in [1.807, 2.05) is 6.92 Å². The lowest BCUT2D eigenvalue weighted by atomic mass is 9.69. The molecule has 3 aliphatic rings. The zero-order valence-corrected chi connectivity index (χ0v) is 21.4. The Morgan fingerprint density at radius 1 is 0.968 bits per heavy atom. The number of hydrogen-bond donors (Lipinski definition) is 0. The van der Waals surface area contributed by atoms with Crippen LogP contribution in [0.15, 0.2) is 0 Å². The molecule has 1 aliphatic heterocycles. The number of carbonyl (C=O) groups excluding carboxylic acids is 1. The van der Waals surface area contributed by atoms with Gasteiger partial charge in [-0.3, -0.25) is 4.79 Å². The van der Waals surface area contributed by atoms with E-state index >= 15 is 0 Å². The SMILES string of the molecule is CCCCCCCCCCCCCC(C)C(=O)N1[C@@H]2C[C@H]3CC[C@]2(CS1(=O)=O)C3(C)C. The third-order valence-corrected chi connectivity index (χ3v) is 11.2. The highest BCUT2D eigenvalue weighted by atomic mass is 32.2. The van der Waals surface area contributed by atoms with Crippen molar-refractivity contribution in [2.45, 2.75) is 130 Å². The Bertz CT molecular complexity index is 716. The van der Waals surface area contributed by atoms with Crippen molar-refractivity contribution in [2.75, 3.05) is 5.75 Å². The molecule has 4 nitrogen and oxygen atoms in total. The van der Waals surface area contributed by atoms with E-state index in [0.717, 1.165) is 38.5 Å². The van der Waals surface area contributed by atoms with Gasteiger partial charge in [0, 0.05) is 11.3 Å². The van der Waals surface area contributed by atoms with Gasteiger partial charge in [0.25, 0.3) is 0 Å². The first-order valence-electron chi connectivity index (χ1n) is 13.2. The quantitative estimate of drug-likeness (QED) is 0.292. The number of nitrogens with zero attached hydrogens (tertiary/aromatic N) is 1. The van der Waals surface area contributed by atoms with Crippen molar-refractivity contribution in [1.29, 1.82) is 0 Å². The van der Waals surface area contributed by atoms with Crippen molar-refractivity contribution in [3.63, 3.8) is 0 Å². The van der Waals surface area contributed by atoms with Crippen molar-refractivity contribution in [2.24, 2.45) is 22.7 Å². The largest absolute Gasteiger partial charge is 0.273 e. The Morgan fingerprint density at radius 3 is 2.06 bits per heavy atom. The molecule has 2 bridgehead atoms. The van der Waals surface area contributed by atoms with Gasteiger partial charge in [-0.05, 0) is 37.0 Å². The molecule has 5 heteroatoms. The fourth-order valence-corrected chi connectivity index (χ4v) is 9.66. The molecule has 2 saturated carbocycles. The normalized spacial score (nSPS) is 31.2. The van der Waals surface area contributed by atoms with Crippen LogP contribution in [0, 0.1) is 22.7 Å². The number of hydrogen-bond acceptors (Lipinski definition) is 3. The molecule has 2 aliphatic carbocycles. The van der Waals surface area contributed by atoms with Gasteiger partial charge in [-0.2, -0.15) is 0 Å². The highest BCUT2D eigenvalue weighted by molar-refractivity contribution is 7.90. The van der Waals surface area contributed by atoms with Crippen LogP contribution >= 0.6 is 0 Å². The first kappa shape index (κ1) is 25.1. The van der Waals surface area contributed by atoms with Crippen LogP contribution in [-0.2, 0) is 14.8 Å². The van der Waals surface area contributed by atoms with Gasteiger partial charge in [-0.25, -0.2) is 12.7 Å². The predicted molar refractivity (Wildman–Crippen MR) is 128 cm³/mol. The summed E-state index contributed by atoms with van der Waals surface area (Å²) in [7, 11) is -3.48. The Morgan fingerprint density at radius 2 is 1.52 bits per heavy atom. The fraction of sp³-hybridized carbons (Fsp3) is 0.962. The molecule has 0 aromatic carbocycles. The second-order valence-corrected chi connectivity index (χ2v) is 13.3. The van der Waals surface area contributed by atoms with E-state index in [0.29, 0.717) is 5.92 Å². The van der Waals surface area contributed by atoms with Gasteiger partial charge in [0.05, 0.1) is 11.8 Å². The monoisotopic (exact) mass is 453 g/mol. The molecule has 0 aromatic rings. The van der Waals surface area contributed by atoms with Crippen LogP contribution in [-0.4, -0.2) is 30.4 Å². The van der Waals surface area contributed by atoms with Gasteiger partial charge in [0.1, 0.15) is 0 Å². The van der Waals surface area contributed by atoms with E-state index in [1.54, 1.807) is 0 Å². The number of carbonyl (C=O) groups is 1. The van der Waals surface area contributed by atoms with E-state index in [9.17, 15) is 13.2 Å². The molecule has 0 radical (unpaired) electrons. The maximum atomic E-state index is 13.2. The topological polar surface area (TPSA) is 54.5 Å². The maximum absolute atomic E-state index is 13.2. The van der Waals surface area contributed by atoms with Gasteiger partial charge in [-0.1, -0.05) is 98.3 Å². The predicted octanol–water partition coefficient (Wildman–Crippen LogP) is 6.69. The third-order valence-electron chi connectivity index (χ3n) is 9.29. The van der Waals surface area contributed by atoms with Crippen molar-refractivity contribution in [3.05, 3.63) is 0 Å². The Kier molecular flexibility index (Phi) is 8.19. The zero-order chi connectivity index (χ0) is 22.7. The second-order valence-electron chi connectivity index (χ2n) is 11.5. The number of rotatable bonds is 13.